The fourth-order valence-corrected chi connectivity index (χ4v) is 6.81. The third-order valence-corrected chi connectivity index (χ3v) is 7.84. The Kier molecular flexibility index (Phi) is 5.05. The maximum atomic E-state index is 13.4. The lowest BCUT2D eigenvalue weighted by molar-refractivity contribution is -0.117. The molecule has 3 rings (SSSR count). The van der Waals surface area contributed by atoms with Crippen LogP contribution in [0.4, 0.5) is 0 Å². The largest absolute Gasteiger partial charge is 0.298 e. The Bertz CT molecular complexity index is 606. The van der Waals surface area contributed by atoms with E-state index in [1.807, 2.05) is 13.8 Å². The average Bonchev–Trinajstić information content (AvgIpc) is 2.88. The van der Waals surface area contributed by atoms with Crippen LogP contribution in [0.15, 0.2) is 17.0 Å². The molecule has 2 fully saturated rings. The monoisotopic (exact) mass is 332 g/mol. The number of aryl methyl sites for hydroxylation is 3. The van der Waals surface area contributed by atoms with Crippen molar-refractivity contribution in [2.24, 2.45) is 11.8 Å². The number of hydrogen-bond acceptors (Lipinski definition) is 2. The predicted molar refractivity (Wildman–Crippen MR) is 95.2 cm³/mol. The van der Waals surface area contributed by atoms with Crippen LogP contribution in [0.1, 0.15) is 61.6 Å². The molecule has 126 valence electrons. The van der Waals surface area contributed by atoms with E-state index in [1.54, 1.807) is 0 Å². The highest BCUT2D eigenvalue weighted by Crippen LogP contribution is 2.42. The van der Waals surface area contributed by atoms with Crippen LogP contribution in [0.5, 0.6) is 0 Å². The fraction of sp³-hybridized carbons (Fsp3) is 0.650. The maximum absolute atomic E-state index is 13.4. The molecule has 0 N–H and O–H groups in total. The lowest BCUT2D eigenvalue weighted by Gasteiger charge is -2.31. The lowest BCUT2D eigenvalue weighted by Crippen LogP contribution is -2.33. The summed E-state index contributed by atoms with van der Waals surface area (Å²) < 4.78 is 13.4. The van der Waals surface area contributed by atoms with Gasteiger partial charge >= 0.3 is 0 Å². The molecule has 0 amide bonds. The minimum absolute atomic E-state index is 0.235. The minimum atomic E-state index is -1.20. The van der Waals surface area contributed by atoms with Crippen LogP contribution < -0.4 is 0 Å². The third kappa shape index (κ3) is 3.31. The molecular formula is C20H28O2S. The van der Waals surface area contributed by atoms with E-state index in [4.69, 9.17) is 0 Å². The first-order valence-electron chi connectivity index (χ1n) is 9.00. The van der Waals surface area contributed by atoms with Crippen molar-refractivity contribution in [1.82, 2.24) is 0 Å². The van der Waals surface area contributed by atoms with Crippen molar-refractivity contribution in [1.29, 1.82) is 0 Å². The second-order valence-electron chi connectivity index (χ2n) is 7.51. The SMILES string of the molecule is Cc1cc(C)c([S@](=O)[C@H]2C(=O)CC[C@@H]2C2CCCCC2)c(C)c1. The van der Waals surface area contributed by atoms with E-state index in [1.165, 1.54) is 37.7 Å². The molecule has 0 spiro atoms. The molecule has 23 heavy (non-hydrogen) atoms. The van der Waals surface area contributed by atoms with Gasteiger partial charge in [-0.05, 0) is 50.2 Å². The quantitative estimate of drug-likeness (QED) is 0.807. The summed E-state index contributed by atoms with van der Waals surface area (Å²) in [5.74, 6) is 1.18. The Morgan fingerprint density at radius 2 is 1.57 bits per heavy atom. The van der Waals surface area contributed by atoms with Crippen molar-refractivity contribution in [3.63, 3.8) is 0 Å². The van der Waals surface area contributed by atoms with Crippen molar-refractivity contribution in [2.75, 3.05) is 0 Å². The van der Waals surface area contributed by atoms with Gasteiger partial charge in [0.25, 0.3) is 0 Å². The summed E-state index contributed by atoms with van der Waals surface area (Å²) in [6.45, 7) is 6.13. The van der Waals surface area contributed by atoms with Gasteiger partial charge in [0.15, 0.2) is 0 Å². The number of hydrogen-bond donors (Lipinski definition) is 0. The smallest absolute Gasteiger partial charge is 0.149 e. The zero-order valence-corrected chi connectivity index (χ0v) is 15.4. The molecular weight excluding hydrogens is 304 g/mol. The van der Waals surface area contributed by atoms with Crippen LogP contribution in [-0.4, -0.2) is 15.2 Å². The molecule has 2 aliphatic carbocycles. The first-order valence-corrected chi connectivity index (χ1v) is 10.2. The predicted octanol–water partition coefficient (Wildman–Crippen LogP) is 4.65. The van der Waals surface area contributed by atoms with Gasteiger partial charge in [0.2, 0.25) is 0 Å². The number of benzene rings is 1. The van der Waals surface area contributed by atoms with Gasteiger partial charge in [0, 0.05) is 11.3 Å². The highest BCUT2D eigenvalue weighted by atomic mass is 32.2. The van der Waals surface area contributed by atoms with Crippen molar-refractivity contribution < 1.29 is 9.00 Å². The van der Waals surface area contributed by atoms with E-state index in [-0.39, 0.29) is 11.0 Å². The molecule has 2 aliphatic rings. The number of ketones is 1. The molecule has 0 heterocycles. The summed E-state index contributed by atoms with van der Waals surface area (Å²) in [6.07, 6.45) is 7.89. The minimum Gasteiger partial charge on any atom is -0.298 e. The molecule has 2 nitrogen and oxygen atoms in total. The van der Waals surface area contributed by atoms with Gasteiger partial charge in [-0.1, -0.05) is 49.8 Å². The first kappa shape index (κ1) is 16.9. The fourth-order valence-electron chi connectivity index (χ4n) is 4.78. The maximum Gasteiger partial charge on any atom is 0.149 e. The molecule has 0 unspecified atom stereocenters. The number of carbonyl (C=O) groups excluding carboxylic acids is 1. The van der Waals surface area contributed by atoms with Crippen LogP contribution in [0.3, 0.4) is 0 Å². The van der Waals surface area contributed by atoms with E-state index < -0.39 is 10.8 Å². The van der Waals surface area contributed by atoms with E-state index in [0.717, 1.165) is 22.4 Å². The van der Waals surface area contributed by atoms with Crippen molar-refractivity contribution in [3.8, 4) is 0 Å². The third-order valence-electron chi connectivity index (χ3n) is 5.72. The van der Waals surface area contributed by atoms with Gasteiger partial charge < -0.3 is 0 Å². The van der Waals surface area contributed by atoms with Crippen LogP contribution in [0.2, 0.25) is 0 Å². The van der Waals surface area contributed by atoms with Crippen molar-refractivity contribution in [2.45, 2.75) is 75.9 Å². The Morgan fingerprint density at radius 1 is 0.957 bits per heavy atom. The molecule has 0 bridgehead atoms. The van der Waals surface area contributed by atoms with Gasteiger partial charge in [0.05, 0.1) is 10.8 Å². The number of rotatable bonds is 3. The van der Waals surface area contributed by atoms with E-state index in [9.17, 15) is 9.00 Å². The lowest BCUT2D eigenvalue weighted by atomic mass is 9.79. The van der Waals surface area contributed by atoms with Gasteiger partial charge in [-0.25, -0.2) is 0 Å². The van der Waals surface area contributed by atoms with Gasteiger partial charge in [-0.15, -0.1) is 0 Å². The first-order chi connectivity index (χ1) is 11.0. The van der Waals surface area contributed by atoms with E-state index in [0.29, 0.717) is 18.3 Å². The summed E-state index contributed by atoms with van der Waals surface area (Å²) in [4.78, 5) is 13.5. The van der Waals surface area contributed by atoms with Crippen LogP contribution in [0.25, 0.3) is 0 Å². The molecule has 0 aliphatic heterocycles. The molecule has 3 atom stereocenters. The standard InChI is InChI=1S/C20H28O2S/c1-13-11-14(2)19(15(3)12-13)23(22)20-17(9-10-18(20)21)16-7-5-4-6-8-16/h11-12,16-17,20H,4-10H2,1-3H3/t17-,20-,23+/m1/s1. The second-order valence-corrected chi connectivity index (χ2v) is 9.02. The average molecular weight is 333 g/mol. The molecule has 0 aromatic heterocycles. The van der Waals surface area contributed by atoms with Crippen molar-refractivity contribution in [3.05, 3.63) is 28.8 Å². The Balaban J connectivity index is 1.91. The zero-order chi connectivity index (χ0) is 16.6. The number of Topliss-reactive ketones (excluding diaryl/α,β-unsaturated/α-hetero) is 1. The molecule has 3 heteroatoms. The van der Waals surface area contributed by atoms with Crippen LogP contribution in [0, 0.1) is 32.6 Å². The van der Waals surface area contributed by atoms with E-state index >= 15 is 0 Å². The second kappa shape index (κ2) is 6.88. The summed E-state index contributed by atoms with van der Waals surface area (Å²) in [5, 5.41) is -0.266. The molecule has 0 saturated heterocycles. The van der Waals surface area contributed by atoms with E-state index in [2.05, 4.69) is 19.1 Å². The molecule has 2 saturated carbocycles. The molecule has 0 radical (unpaired) electrons. The van der Waals surface area contributed by atoms with Crippen LogP contribution >= 0.6 is 0 Å². The normalized spacial score (nSPS) is 27.3. The number of carbonyl (C=O) groups is 1. The Morgan fingerprint density at radius 3 is 2.17 bits per heavy atom. The van der Waals surface area contributed by atoms with Gasteiger partial charge in [-0.2, -0.15) is 0 Å². The summed E-state index contributed by atoms with van der Waals surface area (Å²) in [7, 11) is -1.20. The van der Waals surface area contributed by atoms with Gasteiger partial charge in [0.1, 0.15) is 11.0 Å². The molecule has 1 aromatic rings. The Labute approximate surface area is 142 Å². The van der Waals surface area contributed by atoms with Crippen molar-refractivity contribution >= 4 is 16.6 Å². The Hall–Kier alpha value is -0.960. The summed E-state index contributed by atoms with van der Waals surface area (Å²) >= 11 is 0. The zero-order valence-electron chi connectivity index (χ0n) is 14.6. The topological polar surface area (TPSA) is 34.1 Å². The molecule has 1 aromatic carbocycles. The summed E-state index contributed by atoms with van der Waals surface area (Å²) in [5.41, 5.74) is 3.34. The highest BCUT2D eigenvalue weighted by molar-refractivity contribution is 7.86. The summed E-state index contributed by atoms with van der Waals surface area (Å²) in [6, 6.07) is 4.19. The van der Waals surface area contributed by atoms with Gasteiger partial charge in [-0.3, -0.25) is 9.00 Å². The highest BCUT2D eigenvalue weighted by Gasteiger charge is 2.43. The van der Waals surface area contributed by atoms with Crippen LogP contribution in [-0.2, 0) is 15.6 Å².